The number of likely N-dealkylation sites (tertiary alicyclic amines) is 1. The molecule has 1 aliphatic rings. The summed E-state index contributed by atoms with van der Waals surface area (Å²) in [6.07, 6.45) is 0.973. The minimum absolute atomic E-state index is 0.0552. The summed E-state index contributed by atoms with van der Waals surface area (Å²) in [5, 5.41) is 2.98. The summed E-state index contributed by atoms with van der Waals surface area (Å²) in [6.45, 7) is 6.27. The van der Waals surface area contributed by atoms with Crippen LogP contribution in [0.1, 0.15) is 29.4 Å². The highest BCUT2D eigenvalue weighted by atomic mass is 32.1. The molecule has 1 saturated heterocycles. The van der Waals surface area contributed by atoms with Crippen LogP contribution in [0, 0.1) is 12.3 Å². The lowest BCUT2D eigenvalue weighted by Crippen LogP contribution is -2.34. The van der Waals surface area contributed by atoms with Crippen molar-refractivity contribution in [1.29, 1.82) is 0 Å². The van der Waals surface area contributed by atoms with E-state index in [1.165, 1.54) is 0 Å². The van der Waals surface area contributed by atoms with Gasteiger partial charge in [-0.2, -0.15) is 0 Å². The number of aromatic nitrogens is 1. The Hall–Kier alpha value is -1.72. The summed E-state index contributed by atoms with van der Waals surface area (Å²) < 4.78 is 0. The Morgan fingerprint density at radius 2 is 2.32 bits per heavy atom. The largest absolute Gasteiger partial charge is 0.338 e. The lowest BCUT2D eigenvalue weighted by Gasteiger charge is -2.22. The summed E-state index contributed by atoms with van der Waals surface area (Å²) in [5.41, 5.74) is 8.62. The van der Waals surface area contributed by atoms with Gasteiger partial charge in [0.25, 0.3) is 5.91 Å². The van der Waals surface area contributed by atoms with Crippen LogP contribution in [0.4, 0.5) is 0 Å². The predicted molar refractivity (Wildman–Crippen MR) is 90.0 cm³/mol. The van der Waals surface area contributed by atoms with Gasteiger partial charge in [-0.15, -0.1) is 11.3 Å². The van der Waals surface area contributed by atoms with E-state index in [1.54, 1.807) is 11.3 Å². The first-order valence-corrected chi connectivity index (χ1v) is 8.41. The fourth-order valence-electron chi connectivity index (χ4n) is 2.82. The summed E-state index contributed by atoms with van der Waals surface area (Å²) in [6, 6.07) is 7.75. The number of amides is 1. The molecule has 3 rings (SSSR count). The summed E-state index contributed by atoms with van der Waals surface area (Å²) >= 11 is 1.61. The number of thiazole rings is 1. The molecule has 1 aromatic heterocycles. The zero-order valence-electron chi connectivity index (χ0n) is 13.0. The Morgan fingerprint density at radius 3 is 2.95 bits per heavy atom. The molecule has 0 spiro atoms. The minimum Gasteiger partial charge on any atom is -0.338 e. The Kier molecular flexibility index (Phi) is 4.02. The van der Waals surface area contributed by atoms with Crippen LogP contribution in [0.3, 0.4) is 0 Å². The first kappa shape index (κ1) is 15.2. The van der Waals surface area contributed by atoms with Crippen molar-refractivity contribution >= 4 is 17.2 Å². The van der Waals surface area contributed by atoms with Crippen molar-refractivity contribution in [1.82, 2.24) is 9.88 Å². The summed E-state index contributed by atoms with van der Waals surface area (Å²) in [5.74, 6) is 0.0901. The number of rotatable bonds is 3. The maximum absolute atomic E-state index is 12.7. The van der Waals surface area contributed by atoms with Gasteiger partial charge in [0.2, 0.25) is 0 Å². The lowest BCUT2D eigenvalue weighted by molar-refractivity contribution is 0.0777. The van der Waals surface area contributed by atoms with Gasteiger partial charge in [-0.05, 0) is 37.4 Å². The SMILES string of the molecule is Cc1csc(-c2cccc(C(=O)N3CCC(C)(CN)C3)c2)n1. The molecule has 4 nitrogen and oxygen atoms in total. The number of benzene rings is 1. The molecule has 2 aromatic rings. The van der Waals surface area contributed by atoms with Gasteiger partial charge >= 0.3 is 0 Å². The zero-order chi connectivity index (χ0) is 15.7. The molecule has 1 fully saturated rings. The van der Waals surface area contributed by atoms with E-state index in [2.05, 4.69) is 11.9 Å². The Morgan fingerprint density at radius 1 is 1.50 bits per heavy atom. The van der Waals surface area contributed by atoms with Crippen LogP contribution in [-0.4, -0.2) is 35.4 Å². The molecule has 5 heteroatoms. The Bertz CT molecular complexity index is 697. The topological polar surface area (TPSA) is 59.2 Å². The number of carbonyl (C=O) groups excluding carboxylic acids is 1. The third-order valence-corrected chi connectivity index (χ3v) is 5.32. The molecule has 1 aliphatic heterocycles. The molecule has 22 heavy (non-hydrogen) atoms. The number of nitrogens with two attached hydrogens (primary N) is 1. The van der Waals surface area contributed by atoms with Crippen LogP contribution in [-0.2, 0) is 0 Å². The highest BCUT2D eigenvalue weighted by Crippen LogP contribution is 2.30. The molecule has 1 aromatic carbocycles. The molecule has 0 aliphatic carbocycles. The van der Waals surface area contributed by atoms with Gasteiger partial charge in [0.05, 0.1) is 0 Å². The number of hydrogen-bond donors (Lipinski definition) is 1. The molecule has 1 atom stereocenters. The first-order chi connectivity index (χ1) is 10.5. The van der Waals surface area contributed by atoms with Gasteiger partial charge in [0, 0.05) is 35.3 Å². The van der Waals surface area contributed by atoms with E-state index in [0.29, 0.717) is 6.54 Å². The number of carbonyl (C=O) groups is 1. The molecular weight excluding hydrogens is 294 g/mol. The predicted octanol–water partition coefficient (Wildman–Crippen LogP) is 2.93. The number of hydrogen-bond acceptors (Lipinski definition) is 4. The minimum atomic E-state index is 0.0552. The van der Waals surface area contributed by atoms with E-state index < -0.39 is 0 Å². The normalized spacial score (nSPS) is 21.3. The first-order valence-electron chi connectivity index (χ1n) is 7.53. The van der Waals surface area contributed by atoms with Gasteiger partial charge in [-0.3, -0.25) is 4.79 Å². The van der Waals surface area contributed by atoms with Crippen molar-refractivity contribution in [3.05, 3.63) is 40.9 Å². The molecule has 0 radical (unpaired) electrons. The van der Waals surface area contributed by atoms with E-state index in [0.717, 1.165) is 41.3 Å². The molecule has 2 N–H and O–H groups in total. The van der Waals surface area contributed by atoms with Crippen molar-refractivity contribution in [3.8, 4) is 10.6 Å². The average molecular weight is 315 g/mol. The number of nitrogens with zero attached hydrogens (tertiary/aromatic N) is 2. The summed E-state index contributed by atoms with van der Waals surface area (Å²) in [4.78, 5) is 19.1. The van der Waals surface area contributed by atoms with Gasteiger partial charge in [-0.1, -0.05) is 19.1 Å². The van der Waals surface area contributed by atoms with Crippen molar-refractivity contribution < 1.29 is 4.79 Å². The Balaban J connectivity index is 1.82. The molecule has 0 saturated carbocycles. The van der Waals surface area contributed by atoms with Crippen molar-refractivity contribution in [2.75, 3.05) is 19.6 Å². The second kappa shape index (κ2) is 5.82. The lowest BCUT2D eigenvalue weighted by atomic mass is 9.90. The fourth-order valence-corrected chi connectivity index (χ4v) is 3.61. The molecule has 1 amide bonds. The maximum Gasteiger partial charge on any atom is 0.253 e. The summed E-state index contributed by atoms with van der Waals surface area (Å²) in [7, 11) is 0. The highest BCUT2D eigenvalue weighted by molar-refractivity contribution is 7.13. The van der Waals surface area contributed by atoms with Crippen LogP contribution in [0.15, 0.2) is 29.6 Å². The third kappa shape index (κ3) is 2.91. The monoisotopic (exact) mass is 315 g/mol. The Labute approximate surface area is 135 Å². The zero-order valence-corrected chi connectivity index (χ0v) is 13.8. The van der Waals surface area contributed by atoms with Crippen LogP contribution in [0.25, 0.3) is 10.6 Å². The van der Waals surface area contributed by atoms with Gasteiger partial charge in [0.1, 0.15) is 5.01 Å². The van der Waals surface area contributed by atoms with Crippen molar-refractivity contribution in [3.63, 3.8) is 0 Å². The van der Waals surface area contributed by atoms with Crippen molar-refractivity contribution in [2.24, 2.45) is 11.1 Å². The van der Waals surface area contributed by atoms with E-state index in [-0.39, 0.29) is 11.3 Å². The second-order valence-corrected chi connectivity index (χ2v) is 7.22. The molecule has 0 bridgehead atoms. The second-order valence-electron chi connectivity index (χ2n) is 6.37. The standard InChI is InChI=1S/C17H21N3OS/c1-12-9-22-15(19-12)13-4-3-5-14(8-13)16(21)20-7-6-17(2,10-18)11-20/h3-5,8-9H,6-7,10-11,18H2,1-2H3. The molecule has 116 valence electrons. The molecule has 1 unspecified atom stereocenters. The highest BCUT2D eigenvalue weighted by Gasteiger charge is 2.35. The van der Waals surface area contributed by atoms with Gasteiger partial charge in [0.15, 0.2) is 0 Å². The van der Waals surface area contributed by atoms with Crippen LogP contribution in [0.5, 0.6) is 0 Å². The third-order valence-electron chi connectivity index (χ3n) is 4.31. The van der Waals surface area contributed by atoms with Crippen molar-refractivity contribution in [2.45, 2.75) is 20.3 Å². The van der Waals surface area contributed by atoms with Crippen LogP contribution >= 0.6 is 11.3 Å². The fraction of sp³-hybridized carbons (Fsp3) is 0.412. The quantitative estimate of drug-likeness (QED) is 0.947. The van der Waals surface area contributed by atoms with Crippen LogP contribution in [0.2, 0.25) is 0 Å². The van der Waals surface area contributed by atoms with E-state index >= 15 is 0 Å². The van der Waals surface area contributed by atoms with Gasteiger partial charge in [-0.25, -0.2) is 4.98 Å². The smallest absolute Gasteiger partial charge is 0.253 e. The van der Waals surface area contributed by atoms with Gasteiger partial charge < -0.3 is 10.6 Å². The van der Waals surface area contributed by atoms with E-state index in [9.17, 15) is 4.79 Å². The molecule has 2 heterocycles. The molecular formula is C17H21N3OS. The van der Waals surface area contributed by atoms with E-state index in [1.807, 2.05) is 41.5 Å². The number of aryl methyl sites for hydroxylation is 1. The maximum atomic E-state index is 12.7. The van der Waals surface area contributed by atoms with Crippen LogP contribution < -0.4 is 5.73 Å². The average Bonchev–Trinajstić information content (AvgIpc) is 3.14. The van der Waals surface area contributed by atoms with E-state index in [4.69, 9.17) is 5.73 Å².